The molecule has 0 aromatic heterocycles. The lowest BCUT2D eigenvalue weighted by Gasteiger charge is -2.40. The van der Waals surface area contributed by atoms with Crippen molar-refractivity contribution in [2.24, 2.45) is 5.41 Å². The first-order valence-corrected chi connectivity index (χ1v) is 9.71. The van der Waals surface area contributed by atoms with E-state index in [0.29, 0.717) is 5.41 Å². The van der Waals surface area contributed by atoms with E-state index in [2.05, 4.69) is 53.5 Å². The van der Waals surface area contributed by atoms with Gasteiger partial charge in [-0.3, -0.25) is 4.90 Å². The third kappa shape index (κ3) is 5.31. The SMILES string of the molecule is CCCC(CBr)(CCC)CN1CCCN(C)CC1CC. The van der Waals surface area contributed by atoms with Crippen molar-refractivity contribution in [3.63, 3.8) is 0 Å². The zero-order valence-electron chi connectivity index (χ0n) is 14.1. The van der Waals surface area contributed by atoms with Gasteiger partial charge in [0.15, 0.2) is 0 Å². The summed E-state index contributed by atoms with van der Waals surface area (Å²) in [5.74, 6) is 0. The van der Waals surface area contributed by atoms with Crippen molar-refractivity contribution in [3.8, 4) is 0 Å². The Balaban J connectivity index is 2.77. The van der Waals surface area contributed by atoms with Gasteiger partial charge in [0.05, 0.1) is 0 Å². The van der Waals surface area contributed by atoms with E-state index >= 15 is 0 Å². The molecule has 20 heavy (non-hydrogen) atoms. The monoisotopic (exact) mass is 346 g/mol. The van der Waals surface area contributed by atoms with Crippen LogP contribution in [-0.2, 0) is 0 Å². The van der Waals surface area contributed by atoms with Gasteiger partial charge in [-0.05, 0) is 51.2 Å². The number of likely N-dealkylation sites (N-methyl/N-ethyl adjacent to an activating group) is 1. The molecule has 1 unspecified atom stereocenters. The van der Waals surface area contributed by atoms with Gasteiger partial charge in [0.1, 0.15) is 0 Å². The molecule has 1 rings (SSSR count). The van der Waals surface area contributed by atoms with Gasteiger partial charge in [0.2, 0.25) is 0 Å². The molecule has 0 radical (unpaired) electrons. The number of hydrogen-bond donors (Lipinski definition) is 0. The Morgan fingerprint density at radius 3 is 2.25 bits per heavy atom. The van der Waals surface area contributed by atoms with Gasteiger partial charge in [-0.25, -0.2) is 0 Å². The van der Waals surface area contributed by atoms with Gasteiger partial charge in [0.25, 0.3) is 0 Å². The number of halogens is 1. The van der Waals surface area contributed by atoms with Gasteiger partial charge in [-0.1, -0.05) is 49.5 Å². The third-order valence-corrected chi connectivity index (χ3v) is 6.07. The van der Waals surface area contributed by atoms with Crippen LogP contribution in [-0.4, -0.2) is 54.4 Å². The Bertz CT molecular complexity index is 251. The maximum Gasteiger partial charge on any atom is 0.0220 e. The summed E-state index contributed by atoms with van der Waals surface area (Å²) in [6.45, 7) is 12.1. The molecule has 1 heterocycles. The predicted octanol–water partition coefficient (Wildman–Crippen LogP) is 4.38. The van der Waals surface area contributed by atoms with Gasteiger partial charge in [0, 0.05) is 24.5 Å². The fraction of sp³-hybridized carbons (Fsp3) is 1.00. The van der Waals surface area contributed by atoms with Crippen molar-refractivity contribution in [2.75, 3.05) is 38.6 Å². The highest BCUT2D eigenvalue weighted by atomic mass is 79.9. The van der Waals surface area contributed by atoms with Crippen molar-refractivity contribution in [1.29, 1.82) is 0 Å². The predicted molar refractivity (Wildman–Crippen MR) is 93.8 cm³/mol. The second kappa shape index (κ2) is 9.42. The Labute approximate surface area is 135 Å². The fourth-order valence-corrected chi connectivity index (χ4v) is 4.58. The average Bonchev–Trinajstić information content (AvgIpc) is 2.60. The fourth-order valence-electron chi connectivity index (χ4n) is 3.84. The molecule has 0 bridgehead atoms. The lowest BCUT2D eigenvalue weighted by molar-refractivity contribution is 0.105. The summed E-state index contributed by atoms with van der Waals surface area (Å²) in [7, 11) is 2.28. The third-order valence-electron chi connectivity index (χ3n) is 4.88. The van der Waals surface area contributed by atoms with E-state index < -0.39 is 0 Å². The summed E-state index contributed by atoms with van der Waals surface area (Å²) in [6.07, 6.45) is 7.92. The molecule has 120 valence electrons. The second-order valence-electron chi connectivity index (χ2n) is 6.78. The standard InChI is InChI=1S/C17H35BrN2/c1-5-9-17(14-18,10-6-2)15-20-12-8-11-19(4)13-16(20)7-3/h16H,5-15H2,1-4H3. The highest BCUT2D eigenvalue weighted by molar-refractivity contribution is 9.09. The molecule has 0 saturated carbocycles. The van der Waals surface area contributed by atoms with Crippen LogP contribution in [0.1, 0.15) is 59.3 Å². The molecule has 1 saturated heterocycles. The molecule has 0 aromatic carbocycles. The number of alkyl halides is 1. The van der Waals surface area contributed by atoms with Crippen LogP contribution in [0.15, 0.2) is 0 Å². The van der Waals surface area contributed by atoms with Crippen LogP contribution < -0.4 is 0 Å². The van der Waals surface area contributed by atoms with E-state index in [1.807, 2.05) is 0 Å². The van der Waals surface area contributed by atoms with E-state index in [-0.39, 0.29) is 0 Å². The molecule has 0 N–H and O–H groups in total. The van der Waals surface area contributed by atoms with Crippen LogP contribution in [0.25, 0.3) is 0 Å². The van der Waals surface area contributed by atoms with E-state index in [9.17, 15) is 0 Å². The van der Waals surface area contributed by atoms with Crippen molar-refractivity contribution in [2.45, 2.75) is 65.3 Å². The topological polar surface area (TPSA) is 6.48 Å². The molecular formula is C17H35BrN2. The van der Waals surface area contributed by atoms with Crippen molar-refractivity contribution >= 4 is 15.9 Å². The van der Waals surface area contributed by atoms with Crippen LogP contribution >= 0.6 is 15.9 Å². The van der Waals surface area contributed by atoms with E-state index in [1.54, 1.807) is 0 Å². The molecule has 0 aliphatic carbocycles. The highest BCUT2D eigenvalue weighted by Gasteiger charge is 2.33. The Kier molecular flexibility index (Phi) is 8.69. The van der Waals surface area contributed by atoms with E-state index in [4.69, 9.17) is 0 Å². The highest BCUT2D eigenvalue weighted by Crippen LogP contribution is 2.34. The van der Waals surface area contributed by atoms with E-state index in [0.717, 1.165) is 11.4 Å². The van der Waals surface area contributed by atoms with Crippen LogP contribution in [0, 0.1) is 5.41 Å². The minimum absolute atomic E-state index is 0.486. The Morgan fingerprint density at radius 1 is 1.10 bits per heavy atom. The summed E-state index contributed by atoms with van der Waals surface area (Å²) >= 11 is 3.84. The first kappa shape index (κ1) is 18.4. The van der Waals surface area contributed by atoms with Gasteiger partial charge in [-0.2, -0.15) is 0 Å². The average molecular weight is 347 g/mol. The first-order chi connectivity index (χ1) is 9.60. The van der Waals surface area contributed by atoms with Crippen LogP contribution in [0.4, 0.5) is 0 Å². The summed E-state index contributed by atoms with van der Waals surface area (Å²) < 4.78 is 0. The second-order valence-corrected chi connectivity index (χ2v) is 7.34. The molecule has 1 fully saturated rings. The maximum atomic E-state index is 3.84. The molecule has 0 spiro atoms. The Hall–Kier alpha value is 0.400. The molecule has 1 aliphatic heterocycles. The molecule has 3 heteroatoms. The summed E-state index contributed by atoms with van der Waals surface area (Å²) in [5, 5.41) is 1.16. The summed E-state index contributed by atoms with van der Waals surface area (Å²) in [4.78, 5) is 5.32. The molecule has 2 nitrogen and oxygen atoms in total. The maximum absolute atomic E-state index is 3.84. The van der Waals surface area contributed by atoms with Crippen LogP contribution in [0.5, 0.6) is 0 Å². The van der Waals surface area contributed by atoms with Gasteiger partial charge >= 0.3 is 0 Å². The molecular weight excluding hydrogens is 312 g/mol. The largest absolute Gasteiger partial charge is 0.305 e. The lowest BCUT2D eigenvalue weighted by atomic mass is 9.80. The van der Waals surface area contributed by atoms with E-state index in [1.165, 1.54) is 64.7 Å². The van der Waals surface area contributed by atoms with Crippen molar-refractivity contribution in [1.82, 2.24) is 9.80 Å². The van der Waals surface area contributed by atoms with Gasteiger partial charge < -0.3 is 4.90 Å². The lowest BCUT2D eigenvalue weighted by Crippen LogP contribution is -2.46. The minimum atomic E-state index is 0.486. The zero-order valence-corrected chi connectivity index (χ0v) is 15.7. The Morgan fingerprint density at radius 2 is 1.75 bits per heavy atom. The van der Waals surface area contributed by atoms with Crippen molar-refractivity contribution < 1.29 is 0 Å². The summed E-state index contributed by atoms with van der Waals surface area (Å²) in [6, 6.07) is 0.745. The van der Waals surface area contributed by atoms with Crippen molar-refractivity contribution in [3.05, 3.63) is 0 Å². The summed E-state index contributed by atoms with van der Waals surface area (Å²) in [5.41, 5.74) is 0.486. The number of nitrogens with zero attached hydrogens (tertiary/aromatic N) is 2. The van der Waals surface area contributed by atoms with Crippen LogP contribution in [0.3, 0.4) is 0 Å². The van der Waals surface area contributed by atoms with Crippen LogP contribution in [0.2, 0.25) is 0 Å². The molecule has 1 aliphatic rings. The quantitative estimate of drug-likeness (QED) is 0.601. The van der Waals surface area contributed by atoms with Gasteiger partial charge in [-0.15, -0.1) is 0 Å². The first-order valence-electron chi connectivity index (χ1n) is 8.59. The zero-order chi connectivity index (χ0) is 15.0. The normalized spacial score (nSPS) is 22.9. The number of rotatable bonds is 8. The molecule has 0 amide bonds. The molecule has 1 atom stereocenters. The minimum Gasteiger partial charge on any atom is -0.305 e. The smallest absolute Gasteiger partial charge is 0.0220 e. The molecule has 0 aromatic rings. The number of hydrogen-bond acceptors (Lipinski definition) is 2.